The first-order valence-corrected chi connectivity index (χ1v) is 4.88. The monoisotopic (exact) mass is 184 g/mol. The van der Waals surface area contributed by atoms with Crippen LogP contribution in [0.4, 0.5) is 0 Å². The first-order valence-electron chi connectivity index (χ1n) is 4.88. The third kappa shape index (κ3) is 1.69. The number of rotatable bonds is 2. The fraction of sp³-hybridized carbons (Fsp3) is 0.889. The van der Waals surface area contributed by atoms with Gasteiger partial charge in [-0.3, -0.25) is 9.69 Å². The van der Waals surface area contributed by atoms with Gasteiger partial charge in [-0.15, -0.1) is 0 Å². The van der Waals surface area contributed by atoms with Gasteiger partial charge in [-0.25, -0.2) is 0 Å². The molecule has 13 heavy (non-hydrogen) atoms. The fourth-order valence-electron chi connectivity index (χ4n) is 2.62. The van der Waals surface area contributed by atoms with Crippen molar-refractivity contribution < 1.29 is 9.90 Å². The number of carboxylic acid groups (broad SMARTS) is 1. The molecule has 2 bridgehead atoms. The molecule has 3 atom stereocenters. The molecule has 0 radical (unpaired) electrons. The molecule has 4 nitrogen and oxygen atoms in total. The van der Waals surface area contributed by atoms with Crippen molar-refractivity contribution in [1.82, 2.24) is 4.90 Å². The van der Waals surface area contributed by atoms with Crippen molar-refractivity contribution in [3.8, 4) is 0 Å². The van der Waals surface area contributed by atoms with E-state index in [1.807, 2.05) is 0 Å². The van der Waals surface area contributed by atoms with Crippen molar-refractivity contribution in [2.75, 3.05) is 13.1 Å². The van der Waals surface area contributed by atoms with Crippen molar-refractivity contribution in [3.63, 3.8) is 0 Å². The second-order valence-corrected chi connectivity index (χ2v) is 4.21. The summed E-state index contributed by atoms with van der Waals surface area (Å²) in [4.78, 5) is 12.6. The highest BCUT2D eigenvalue weighted by molar-refractivity contribution is 5.69. The first kappa shape index (κ1) is 8.97. The average molecular weight is 184 g/mol. The van der Waals surface area contributed by atoms with Crippen LogP contribution in [-0.2, 0) is 4.79 Å². The molecule has 1 saturated carbocycles. The number of nitrogens with two attached hydrogens (primary N) is 1. The van der Waals surface area contributed by atoms with Crippen molar-refractivity contribution in [1.29, 1.82) is 0 Å². The molecule has 4 heteroatoms. The summed E-state index contributed by atoms with van der Waals surface area (Å²) in [5.41, 5.74) is 5.94. The molecule has 2 aliphatic heterocycles. The van der Waals surface area contributed by atoms with Crippen molar-refractivity contribution in [2.45, 2.75) is 31.3 Å². The first-order chi connectivity index (χ1) is 6.16. The topological polar surface area (TPSA) is 66.6 Å². The Balaban J connectivity index is 1.98. The van der Waals surface area contributed by atoms with Crippen molar-refractivity contribution >= 4 is 5.97 Å². The molecule has 0 aromatic heterocycles. The predicted molar refractivity (Wildman–Crippen MR) is 48.3 cm³/mol. The number of nitrogens with zero attached hydrogens (tertiary/aromatic N) is 1. The van der Waals surface area contributed by atoms with Gasteiger partial charge in [0, 0.05) is 18.6 Å². The van der Waals surface area contributed by atoms with E-state index in [2.05, 4.69) is 4.90 Å². The van der Waals surface area contributed by atoms with E-state index in [0.29, 0.717) is 18.0 Å². The van der Waals surface area contributed by atoms with E-state index in [4.69, 9.17) is 10.8 Å². The Hall–Kier alpha value is -0.610. The second-order valence-electron chi connectivity index (χ2n) is 4.21. The summed E-state index contributed by atoms with van der Waals surface area (Å²) in [5, 5.41) is 8.69. The van der Waals surface area contributed by atoms with E-state index in [9.17, 15) is 4.79 Å². The summed E-state index contributed by atoms with van der Waals surface area (Å²) in [5.74, 6) is -0.189. The van der Waals surface area contributed by atoms with E-state index in [-0.39, 0.29) is 6.54 Å². The number of piperidine rings is 2. The lowest BCUT2D eigenvalue weighted by Crippen LogP contribution is -2.57. The number of hydrogen-bond acceptors (Lipinski definition) is 3. The Bertz CT molecular complexity index is 220. The average Bonchev–Trinajstić information content (AvgIpc) is 2.05. The minimum Gasteiger partial charge on any atom is -0.480 e. The van der Waals surface area contributed by atoms with E-state index in [1.54, 1.807) is 0 Å². The normalized spacial score (nSPS) is 39.3. The van der Waals surface area contributed by atoms with Gasteiger partial charge in [0.1, 0.15) is 0 Å². The van der Waals surface area contributed by atoms with Gasteiger partial charge in [0.2, 0.25) is 0 Å². The molecule has 0 aromatic carbocycles. The van der Waals surface area contributed by atoms with Gasteiger partial charge in [-0.2, -0.15) is 0 Å². The Kier molecular flexibility index (Phi) is 2.26. The van der Waals surface area contributed by atoms with Gasteiger partial charge in [0.25, 0.3) is 0 Å². The summed E-state index contributed by atoms with van der Waals surface area (Å²) in [6.07, 6.45) is 3.30. The molecule has 0 spiro atoms. The van der Waals surface area contributed by atoms with Gasteiger partial charge < -0.3 is 10.8 Å². The van der Waals surface area contributed by atoms with E-state index in [1.165, 1.54) is 6.42 Å². The van der Waals surface area contributed by atoms with Gasteiger partial charge in [0.15, 0.2) is 0 Å². The third-order valence-corrected chi connectivity index (χ3v) is 3.34. The van der Waals surface area contributed by atoms with Gasteiger partial charge in [-0.05, 0) is 25.2 Å². The molecular weight excluding hydrogens is 168 g/mol. The Morgan fingerprint density at radius 2 is 2.31 bits per heavy atom. The van der Waals surface area contributed by atoms with E-state index < -0.39 is 5.97 Å². The number of aliphatic carboxylic acids is 1. The molecule has 74 valence electrons. The van der Waals surface area contributed by atoms with Crippen molar-refractivity contribution in [2.24, 2.45) is 11.7 Å². The lowest BCUT2D eigenvalue weighted by molar-refractivity contribution is -0.140. The van der Waals surface area contributed by atoms with Crippen LogP contribution in [0.5, 0.6) is 0 Å². The molecule has 3 unspecified atom stereocenters. The van der Waals surface area contributed by atoms with E-state index >= 15 is 0 Å². The summed E-state index contributed by atoms with van der Waals surface area (Å²) in [6, 6.07) is 0.736. The highest BCUT2D eigenvalue weighted by atomic mass is 16.4. The Morgan fingerprint density at radius 1 is 1.54 bits per heavy atom. The van der Waals surface area contributed by atoms with Crippen LogP contribution in [0.2, 0.25) is 0 Å². The maximum absolute atomic E-state index is 10.6. The number of hydrogen-bond donors (Lipinski definition) is 2. The minimum atomic E-state index is -0.721. The quantitative estimate of drug-likeness (QED) is 0.628. The lowest BCUT2D eigenvalue weighted by Gasteiger charge is -2.47. The molecule has 3 aliphatic rings. The van der Waals surface area contributed by atoms with Crippen LogP contribution < -0.4 is 5.73 Å². The number of carbonyl (C=O) groups is 1. The summed E-state index contributed by atoms with van der Waals surface area (Å²) in [7, 11) is 0. The zero-order chi connectivity index (χ0) is 9.42. The number of carboxylic acids is 1. The Labute approximate surface area is 77.7 Å². The molecule has 2 saturated heterocycles. The molecule has 3 rings (SSSR count). The van der Waals surface area contributed by atoms with Gasteiger partial charge in [-0.1, -0.05) is 0 Å². The van der Waals surface area contributed by atoms with Crippen LogP contribution in [0.15, 0.2) is 0 Å². The molecule has 1 aliphatic carbocycles. The van der Waals surface area contributed by atoms with Crippen molar-refractivity contribution in [3.05, 3.63) is 0 Å². The summed E-state index contributed by atoms with van der Waals surface area (Å²) >= 11 is 0. The second kappa shape index (κ2) is 3.27. The fourth-order valence-corrected chi connectivity index (χ4v) is 2.62. The SMILES string of the molecule is NC1CC2CCC1CN2CC(=O)O. The minimum absolute atomic E-state index is 0.188. The molecule has 0 amide bonds. The summed E-state index contributed by atoms with van der Waals surface area (Å²) < 4.78 is 0. The van der Waals surface area contributed by atoms with Gasteiger partial charge >= 0.3 is 5.97 Å². The highest BCUT2D eigenvalue weighted by Gasteiger charge is 2.38. The maximum Gasteiger partial charge on any atom is 0.317 e. The zero-order valence-electron chi connectivity index (χ0n) is 7.65. The zero-order valence-corrected chi connectivity index (χ0v) is 7.65. The molecule has 0 aromatic rings. The third-order valence-electron chi connectivity index (χ3n) is 3.34. The molecule has 3 fully saturated rings. The maximum atomic E-state index is 10.6. The standard InChI is InChI=1S/C9H16N2O2/c10-8-3-7-2-1-6(8)4-11(7)5-9(12)13/h6-8H,1-5,10H2,(H,12,13). The van der Waals surface area contributed by atoms with Crippen LogP contribution in [-0.4, -0.2) is 41.1 Å². The molecule has 2 heterocycles. The van der Waals surface area contributed by atoms with E-state index in [0.717, 1.165) is 19.4 Å². The summed E-state index contributed by atoms with van der Waals surface area (Å²) in [6.45, 7) is 1.08. The smallest absolute Gasteiger partial charge is 0.317 e. The molecular formula is C9H16N2O2. The van der Waals surface area contributed by atoms with Crippen LogP contribution in [0.25, 0.3) is 0 Å². The lowest BCUT2D eigenvalue weighted by atomic mass is 9.76. The predicted octanol–water partition coefficient (Wildman–Crippen LogP) is -0.117. The van der Waals surface area contributed by atoms with Crippen LogP contribution >= 0.6 is 0 Å². The Morgan fingerprint density at radius 3 is 2.77 bits per heavy atom. The molecule has 3 N–H and O–H groups in total. The number of fused-ring (bicyclic) bond motifs is 3. The highest BCUT2D eigenvalue weighted by Crippen LogP contribution is 2.33. The largest absolute Gasteiger partial charge is 0.480 e. The van der Waals surface area contributed by atoms with Crippen LogP contribution in [0.3, 0.4) is 0 Å². The van der Waals surface area contributed by atoms with Gasteiger partial charge in [0.05, 0.1) is 6.54 Å². The van der Waals surface area contributed by atoms with Crippen LogP contribution in [0.1, 0.15) is 19.3 Å². The van der Waals surface area contributed by atoms with Crippen LogP contribution in [0, 0.1) is 5.92 Å².